The average molecular weight is 511 g/mol. The fraction of sp³-hybridized carbons (Fsp3) is 0.0455. The largest absolute Gasteiger partial charge is 0.467 e. The number of hydrogen-bond donors (Lipinski definition) is 0. The average Bonchev–Trinajstić information content (AvgIpc) is 3.40. The van der Waals surface area contributed by atoms with Crippen molar-refractivity contribution in [2.24, 2.45) is 10.2 Å². The SMILES string of the molecule is O=C1/C(=C/c2ccc([N+](=O)[O-])cc2)S/C(=N\N=C\c2ccc(Br)cc2)N1Cc1ccco1. The van der Waals surface area contributed by atoms with E-state index in [1.807, 2.05) is 24.3 Å². The Bertz CT molecular complexity index is 1220. The first-order valence-electron chi connectivity index (χ1n) is 9.34. The van der Waals surface area contributed by atoms with Crippen LogP contribution in [0.5, 0.6) is 0 Å². The molecule has 8 nitrogen and oxygen atoms in total. The van der Waals surface area contributed by atoms with Crippen LogP contribution in [0.1, 0.15) is 16.9 Å². The van der Waals surface area contributed by atoms with Gasteiger partial charge in [-0.1, -0.05) is 28.1 Å². The van der Waals surface area contributed by atoms with Gasteiger partial charge >= 0.3 is 0 Å². The molecule has 1 amide bonds. The predicted molar refractivity (Wildman–Crippen MR) is 127 cm³/mol. The molecule has 1 aliphatic rings. The van der Waals surface area contributed by atoms with Gasteiger partial charge in [-0.3, -0.25) is 19.8 Å². The molecule has 2 heterocycles. The number of benzene rings is 2. The molecular weight excluding hydrogens is 496 g/mol. The summed E-state index contributed by atoms with van der Waals surface area (Å²) in [6.07, 6.45) is 4.82. The van der Waals surface area contributed by atoms with E-state index in [9.17, 15) is 14.9 Å². The zero-order valence-corrected chi connectivity index (χ0v) is 18.8. The molecule has 0 bridgehead atoms. The minimum absolute atomic E-state index is 0.0125. The molecule has 0 saturated carbocycles. The van der Waals surface area contributed by atoms with Crippen molar-refractivity contribution in [1.29, 1.82) is 0 Å². The molecule has 0 unspecified atom stereocenters. The molecule has 32 heavy (non-hydrogen) atoms. The molecule has 3 aromatic rings. The van der Waals surface area contributed by atoms with Gasteiger partial charge in [0.25, 0.3) is 11.6 Å². The number of nitro benzene ring substituents is 1. The zero-order valence-electron chi connectivity index (χ0n) is 16.4. The first kappa shape index (κ1) is 21.7. The van der Waals surface area contributed by atoms with Gasteiger partial charge in [0.1, 0.15) is 5.76 Å². The Morgan fingerprint density at radius 1 is 1.09 bits per heavy atom. The third-order valence-electron chi connectivity index (χ3n) is 4.40. The lowest BCUT2D eigenvalue weighted by Crippen LogP contribution is -2.28. The quantitative estimate of drug-likeness (QED) is 0.189. The fourth-order valence-electron chi connectivity index (χ4n) is 2.82. The summed E-state index contributed by atoms with van der Waals surface area (Å²) in [5.74, 6) is 0.363. The maximum Gasteiger partial charge on any atom is 0.269 e. The Labute approximate surface area is 195 Å². The highest BCUT2D eigenvalue weighted by Crippen LogP contribution is 2.34. The highest BCUT2D eigenvalue weighted by atomic mass is 79.9. The third-order valence-corrected chi connectivity index (χ3v) is 5.93. The van der Waals surface area contributed by atoms with Crippen LogP contribution in [0.25, 0.3) is 6.08 Å². The van der Waals surface area contributed by atoms with Crippen LogP contribution in [0.4, 0.5) is 5.69 Å². The van der Waals surface area contributed by atoms with Crippen molar-refractivity contribution in [3.8, 4) is 0 Å². The van der Waals surface area contributed by atoms with Gasteiger partial charge in [-0.2, -0.15) is 5.10 Å². The van der Waals surface area contributed by atoms with Crippen molar-refractivity contribution >= 4 is 56.7 Å². The second-order valence-corrected chi connectivity index (χ2v) is 8.53. The van der Waals surface area contributed by atoms with Gasteiger partial charge in [0.2, 0.25) is 0 Å². The third kappa shape index (κ3) is 5.21. The van der Waals surface area contributed by atoms with Crippen LogP contribution in [0.15, 0.2) is 90.9 Å². The molecule has 0 radical (unpaired) electrons. The Kier molecular flexibility index (Phi) is 6.62. The lowest BCUT2D eigenvalue weighted by Gasteiger charge is -2.12. The second-order valence-electron chi connectivity index (χ2n) is 6.61. The van der Waals surface area contributed by atoms with E-state index in [0.29, 0.717) is 21.4 Å². The number of thioether (sulfide) groups is 1. The summed E-state index contributed by atoms with van der Waals surface area (Å²) in [4.78, 5) is 25.3. The van der Waals surface area contributed by atoms with Crippen LogP contribution in [0, 0.1) is 10.1 Å². The molecule has 2 aromatic carbocycles. The molecule has 10 heteroatoms. The van der Waals surface area contributed by atoms with Crippen molar-refractivity contribution in [2.75, 3.05) is 0 Å². The van der Waals surface area contributed by atoms with Gasteiger partial charge in [0.05, 0.1) is 28.9 Å². The number of hydrogen-bond acceptors (Lipinski definition) is 7. The molecule has 0 atom stereocenters. The molecule has 1 aliphatic heterocycles. The van der Waals surface area contributed by atoms with E-state index >= 15 is 0 Å². The van der Waals surface area contributed by atoms with Crippen LogP contribution in [-0.4, -0.2) is 27.1 Å². The number of halogens is 1. The number of amidine groups is 1. The van der Waals surface area contributed by atoms with Gasteiger partial charge in [-0.15, -0.1) is 5.10 Å². The summed E-state index contributed by atoms with van der Waals surface area (Å²) in [6.45, 7) is 0.211. The van der Waals surface area contributed by atoms with Crippen molar-refractivity contribution in [1.82, 2.24) is 4.90 Å². The van der Waals surface area contributed by atoms with Crippen LogP contribution in [-0.2, 0) is 11.3 Å². The van der Waals surface area contributed by atoms with Gasteiger partial charge in [0, 0.05) is 16.6 Å². The van der Waals surface area contributed by atoms with E-state index in [0.717, 1.165) is 10.0 Å². The summed E-state index contributed by atoms with van der Waals surface area (Å²) in [5, 5.41) is 19.7. The smallest absolute Gasteiger partial charge is 0.269 e. The Balaban J connectivity index is 1.60. The molecular formula is C22H15BrN4O4S. The fourth-order valence-corrected chi connectivity index (χ4v) is 4.02. The molecule has 1 saturated heterocycles. The number of non-ortho nitro benzene ring substituents is 1. The molecule has 1 aromatic heterocycles. The Morgan fingerprint density at radius 3 is 2.47 bits per heavy atom. The number of nitro groups is 1. The minimum atomic E-state index is -0.467. The molecule has 0 N–H and O–H groups in total. The van der Waals surface area contributed by atoms with E-state index in [-0.39, 0.29) is 18.1 Å². The molecule has 160 valence electrons. The normalized spacial score (nSPS) is 16.5. The highest BCUT2D eigenvalue weighted by molar-refractivity contribution is 9.10. The number of carbonyl (C=O) groups excluding carboxylic acids is 1. The minimum Gasteiger partial charge on any atom is -0.467 e. The second kappa shape index (κ2) is 9.75. The van der Waals surface area contributed by atoms with Crippen LogP contribution >= 0.6 is 27.7 Å². The number of carbonyl (C=O) groups is 1. The maximum atomic E-state index is 13.0. The zero-order chi connectivity index (χ0) is 22.5. The standard InChI is InChI=1S/C22H15BrN4O4S/c23-17-7-3-16(4-8-17)13-24-25-22-26(14-19-2-1-11-31-19)21(28)20(32-22)12-15-5-9-18(10-6-15)27(29)30/h1-13H,14H2/b20-12-,24-13+,25-22-. The van der Waals surface area contributed by atoms with Crippen molar-refractivity contribution in [2.45, 2.75) is 6.54 Å². The molecule has 1 fully saturated rings. The predicted octanol–water partition coefficient (Wildman–Crippen LogP) is 5.46. The van der Waals surface area contributed by atoms with Gasteiger partial charge in [-0.25, -0.2) is 0 Å². The van der Waals surface area contributed by atoms with E-state index in [2.05, 4.69) is 26.1 Å². The number of furan rings is 1. The van der Waals surface area contributed by atoms with Gasteiger partial charge in [-0.05, 0) is 65.4 Å². The van der Waals surface area contributed by atoms with E-state index < -0.39 is 4.92 Å². The van der Waals surface area contributed by atoms with Crippen LogP contribution in [0.3, 0.4) is 0 Å². The van der Waals surface area contributed by atoms with Crippen molar-refractivity contribution in [3.05, 3.63) is 103 Å². The Hall–Kier alpha value is -3.50. The summed E-state index contributed by atoms with van der Waals surface area (Å²) in [5.41, 5.74) is 1.52. The number of nitrogens with zero attached hydrogens (tertiary/aromatic N) is 4. The lowest BCUT2D eigenvalue weighted by atomic mass is 10.2. The van der Waals surface area contributed by atoms with E-state index in [1.54, 1.807) is 42.8 Å². The summed E-state index contributed by atoms with van der Waals surface area (Å²) < 4.78 is 6.34. The van der Waals surface area contributed by atoms with E-state index in [1.165, 1.54) is 28.8 Å². The topological polar surface area (TPSA) is 101 Å². The first-order valence-corrected chi connectivity index (χ1v) is 11.0. The Morgan fingerprint density at radius 2 is 1.81 bits per heavy atom. The maximum absolute atomic E-state index is 13.0. The first-order chi connectivity index (χ1) is 15.5. The molecule has 0 aliphatic carbocycles. The molecule has 4 rings (SSSR count). The van der Waals surface area contributed by atoms with Gasteiger partial charge in [0.15, 0.2) is 5.17 Å². The number of amides is 1. The van der Waals surface area contributed by atoms with Crippen LogP contribution in [0.2, 0.25) is 0 Å². The molecule has 0 spiro atoms. The highest BCUT2D eigenvalue weighted by Gasteiger charge is 2.34. The summed E-state index contributed by atoms with van der Waals surface area (Å²) in [6, 6.07) is 17.1. The van der Waals surface area contributed by atoms with Gasteiger partial charge < -0.3 is 4.42 Å². The lowest BCUT2D eigenvalue weighted by molar-refractivity contribution is -0.384. The van der Waals surface area contributed by atoms with Crippen LogP contribution < -0.4 is 0 Å². The monoisotopic (exact) mass is 510 g/mol. The van der Waals surface area contributed by atoms with Crippen molar-refractivity contribution in [3.63, 3.8) is 0 Å². The van der Waals surface area contributed by atoms with Crippen molar-refractivity contribution < 1.29 is 14.1 Å². The number of rotatable bonds is 6. The summed E-state index contributed by atoms with van der Waals surface area (Å²) >= 11 is 4.57. The summed E-state index contributed by atoms with van der Waals surface area (Å²) in [7, 11) is 0. The van der Waals surface area contributed by atoms with E-state index in [4.69, 9.17) is 4.42 Å².